The number of amides is 3. The molecule has 24 heavy (non-hydrogen) atoms. The fourth-order valence-electron chi connectivity index (χ4n) is 3.17. The van der Waals surface area contributed by atoms with Crippen molar-refractivity contribution in [2.45, 2.75) is 78.5 Å². The molecule has 6 nitrogen and oxygen atoms in total. The van der Waals surface area contributed by atoms with Gasteiger partial charge >= 0.3 is 12.1 Å². The van der Waals surface area contributed by atoms with Crippen LogP contribution < -0.4 is 5.32 Å². The number of carbonyl (C=O) groups excluding carboxylic acids is 2. The first-order valence-electron chi connectivity index (χ1n) is 8.89. The maximum atomic E-state index is 12.5. The second kappa shape index (κ2) is 6.12. The molecule has 2 rings (SSSR count). The standard InChI is InChI=1S/C18H33N3O3/c1-16(2,3)24-15(23)20-10-8-13(9-11-20)19-14(22)21-12-17(4,5)18(21,6)7/h13H,8-12H2,1-7H3,(H,19,22). The fraction of sp³-hybridized carbons (Fsp3) is 0.889. The maximum absolute atomic E-state index is 12.5. The summed E-state index contributed by atoms with van der Waals surface area (Å²) in [6.07, 6.45) is 1.27. The van der Waals surface area contributed by atoms with Gasteiger partial charge in [0.2, 0.25) is 0 Å². The molecular formula is C18H33N3O3. The number of piperidine rings is 1. The SMILES string of the molecule is CC(C)(C)OC(=O)N1CCC(NC(=O)N2CC(C)(C)C2(C)C)CC1. The lowest BCUT2D eigenvalue weighted by Gasteiger charge is -2.61. The van der Waals surface area contributed by atoms with E-state index >= 15 is 0 Å². The monoisotopic (exact) mass is 339 g/mol. The maximum Gasteiger partial charge on any atom is 0.410 e. The molecule has 0 spiro atoms. The Balaban J connectivity index is 1.80. The average molecular weight is 339 g/mol. The third-order valence-corrected chi connectivity index (χ3v) is 5.60. The molecule has 3 amide bonds. The van der Waals surface area contributed by atoms with Crippen molar-refractivity contribution in [2.24, 2.45) is 5.41 Å². The van der Waals surface area contributed by atoms with E-state index in [4.69, 9.17) is 4.74 Å². The molecule has 0 atom stereocenters. The lowest BCUT2D eigenvalue weighted by molar-refractivity contribution is -0.0815. The van der Waals surface area contributed by atoms with Gasteiger partial charge in [0.25, 0.3) is 0 Å². The molecule has 2 fully saturated rings. The normalized spacial score (nSPS) is 23.5. The van der Waals surface area contributed by atoms with Crippen LogP contribution in [0.2, 0.25) is 0 Å². The highest BCUT2D eigenvalue weighted by atomic mass is 16.6. The van der Waals surface area contributed by atoms with Gasteiger partial charge in [0.15, 0.2) is 0 Å². The number of carbonyl (C=O) groups is 2. The van der Waals surface area contributed by atoms with E-state index in [9.17, 15) is 9.59 Å². The van der Waals surface area contributed by atoms with Gasteiger partial charge in [0.1, 0.15) is 5.60 Å². The molecule has 0 saturated carbocycles. The molecule has 138 valence electrons. The van der Waals surface area contributed by atoms with Gasteiger partial charge in [-0.3, -0.25) is 0 Å². The van der Waals surface area contributed by atoms with Gasteiger partial charge in [-0.05, 0) is 47.5 Å². The Morgan fingerprint density at radius 3 is 2.04 bits per heavy atom. The van der Waals surface area contributed by atoms with E-state index in [0.29, 0.717) is 13.1 Å². The lowest BCUT2D eigenvalue weighted by Crippen LogP contribution is -2.72. The van der Waals surface area contributed by atoms with Gasteiger partial charge < -0.3 is 19.9 Å². The summed E-state index contributed by atoms with van der Waals surface area (Å²) in [4.78, 5) is 28.2. The highest BCUT2D eigenvalue weighted by Gasteiger charge is 2.54. The molecule has 0 unspecified atom stereocenters. The van der Waals surface area contributed by atoms with Crippen molar-refractivity contribution in [3.05, 3.63) is 0 Å². The van der Waals surface area contributed by atoms with E-state index in [2.05, 4.69) is 33.0 Å². The van der Waals surface area contributed by atoms with Crippen LogP contribution in [0.5, 0.6) is 0 Å². The van der Waals surface area contributed by atoms with E-state index < -0.39 is 5.60 Å². The zero-order chi connectivity index (χ0) is 18.3. The van der Waals surface area contributed by atoms with Crippen molar-refractivity contribution in [3.8, 4) is 0 Å². The lowest BCUT2D eigenvalue weighted by atomic mass is 9.65. The molecular weight excluding hydrogens is 306 g/mol. The van der Waals surface area contributed by atoms with E-state index in [1.54, 1.807) is 4.90 Å². The summed E-state index contributed by atoms with van der Waals surface area (Å²) in [5.74, 6) is 0. The van der Waals surface area contributed by atoms with Crippen LogP contribution in [0.15, 0.2) is 0 Å². The smallest absolute Gasteiger partial charge is 0.410 e. The first-order chi connectivity index (χ1) is 10.8. The second-order valence-electron chi connectivity index (χ2n) is 9.22. The molecule has 1 N–H and O–H groups in total. The van der Waals surface area contributed by atoms with Crippen molar-refractivity contribution in [1.82, 2.24) is 15.1 Å². The number of nitrogens with one attached hydrogen (secondary N) is 1. The molecule has 2 heterocycles. The highest BCUT2D eigenvalue weighted by molar-refractivity contribution is 5.77. The zero-order valence-electron chi connectivity index (χ0n) is 16.2. The van der Waals surface area contributed by atoms with Crippen molar-refractivity contribution in [1.29, 1.82) is 0 Å². The molecule has 0 aromatic rings. The van der Waals surface area contributed by atoms with Crippen LogP contribution in [0.25, 0.3) is 0 Å². The minimum absolute atomic E-state index is 0.00930. The quantitative estimate of drug-likeness (QED) is 0.798. The summed E-state index contributed by atoms with van der Waals surface area (Å²) in [5.41, 5.74) is -0.462. The van der Waals surface area contributed by atoms with Crippen molar-refractivity contribution < 1.29 is 14.3 Å². The number of hydrogen-bond acceptors (Lipinski definition) is 3. The Hall–Kier alpha value is -1.46. The molecule has 0 aromatic carbocycles. The van der Waals surface area contributed by atoms with Crippen LogP contribution in [0.3, 0.4) is 0 Å². The Kier molecular flexibility index (Phi) is 4.81. The zero-order valence-corrected chi connectivity index (χ0v) is 16.2. The number of ether oxygens (including phenoxy) is 1. The van der Waals surface area contributed by atoms with Crippen LogP contribution in [-0.2, 0) is 4.74 Å². The topological polar surface area (TPSA) is 61.9 Å². The third-order valence-electron chi connectivity index (χ3n) is 5.60. The van der Waals surface area contributed by atoms with E-state index in [1.807, 2.05) is 25.7 Å². The largest absolute Gasteiger partial charge is 0.444 e. The van der Waals surface area contributed by atoms with Crippen molar-refractivity contribution in [2.75, 3.05) is 19.6 Å². The van der Waals surface area contributed by atoms with Gasteiger partial charge in [0, 0.05) is 36.6 Å². The molecule has 2 aliphatic rings. The molecule has 0 bridgehead atoms. The van der Waals surface area contributed by atoms with E-state index in [1.165, 1.54) is 0 Å². The number of urea groups is 1. The Labute approximate surface area is 145 Å². The predicted molar refractivity (Wildman–Crippen MR) is 93.9 cm³/mol. The van der Waals surface area contributed by atoms with Gasteiger partial charge in [-0.2, -0.15) is 0 Å². The van der Waals surface area contributed by atoms with Gasteiger partial charge in [0.05, 0.1) is 0 Å². The minimum Gasteiger partial charge on any atom is -0.444 e. The third kappa shape index (κ3) is 3.78. The summed E-state index contributed by atoms with van der Waals surface area (Å²) in [6, 6.07) is 0.130. The van der Waals surface area contributed by atoms with Gasteiger partial charge in [-0.15, -0.1) is 0 Å². The van der Waals surface area contributed by atoms with Gasteiger partial charge in [-0.25, -0.2) is 9.59 Å². The molecule has 0 aromatic heterocycles. The van der Waals surface area contributed by atoms with E-state index in [0.717, 1.165) is 19.4 Å². The number of nitrogens with zero attached hydrogens (tertiary/aromatic N) is 2. The van der Waals surface area contributed by atoms with Crippen LogP contribution in [-0.4, -0.2) is 58.7 Å². The van der Waals surface area contributed by atoms with E-state index in [-0.39, 0.29) is 29.1 Å². The molecule has 2 saturated heterocycles. The van der Waals surface area contributed by atoms with Crippen molar-refractivity contribution >= 4 is 12.1 Å². The molecule has 0 aliphatic carbocycles. The summed E-state index contributed by atoms with van der Waals surface area (Å²) in [5, 5.41) is 3.13. The van der Waals surface area contributed by atoms with Crippen LogP contribution in [0.1, 0.15) is 61.3 Å². The van der Waals surface area contributed by atoms with Crippen LogP contribution in [0, 0.1) is 5.41 Å². The van der Waals surface area contributed by atoms with Gasteiger partial charge in [-0.1, -0.05) is 13.8 Å². The molecule has 6 heteroatoms. The number of hydrogen-bond donors (Lipinski definition) is 1. The molecule has 0 radical (unpaired) electrons. The number of rotatable bonds is 1. The van der Waals surface area contributed by atoms with Crippen LogP contribution in [0.4, 0.5) is 9.59 Å². The first-order valence-corrected chi connectivity index (χ1v) is 8.89. The van der Waals surface area contributed by atoms with Crippen LogP contribution >= 0.6 is 0 Å². The molecule has 2 aliphatic heterocycles. The predicted octanol–water partition coefficient (Wildman–Crippen LogP) is 3.22. The summed E-state index contributed by atoms with van der Waals surface area (Å²) < 4.78 is 5.40. The number of likely N-dealkylation sites (tertiary alicyclic amines) is 2. The fourth-order valence-corrected chi connectivity index (χ4v) is 3.17. The second-order valence-corrected chi connectivity index (χ2v) is 9.22. The first kappa shape index (κ1) is 18.9. The average Bonchev–Trinajstić information content (AvgIpc) is 2.43. The summed E-state index contributed by atoms with van der Waals surface area (Å²) in [6.45, 7) is 16.2. The Bertz CT molecular complexity index is 500. The summed E-state index contributed by atoms with van der Waals surface area (Å²) >= 11 is 0. The Morgan fingerprint density at radius 1 is 1.08 bits per heavy atom. The minimum atomic E-state index is -0.474. The van der Waals surface area contributed by atoms with Crippen molar-refractivity contribution in [3.63, 3.8) is 0 Å². The highest BCUT2D eigenvalue weighted by Crippen LogP contribution is 2.46. The summed E-state index contributed by atoms with van der Waals surface area (Å²) in [7, 11) is 0. The Morgan fingerprint density at radius 2 is 1.62 bits per heavy atom.